The lowest BCUT2D eigenvalue weighted by Gasteiger charge is -2.08. The molecule has 19 heavy (non-hydrogen) atoms. The summed E-state index contributed by atoms with van der Waals surface area (Å²) in [5.41, 5.74) is 1.38. The van der Waals surface area contributed by atoms with E-state index in [0.29, 0.717) is 17.1 Å². The molecule has 2 aromatic carbocycles. The van der Waals surface area contributed by atoms with Crippen LogP contribution in [0.25, 0.3) is 0 Å². The molecule has 0 fully saturated rings. The molecule has 0 aliphatic carbocycles. The molecule has 0 saturated carbocycles. The predicted molar refractivity (Wildman–Crippen MR) is 79.6 cm³/mol. The Morgan fingerprint density at radius 2 is 1.89 bits per heavy atom. The molecule has 0 amide bonds. The number of halogens is 2. The Bertz CT molecular complexity index is 602. The maximum Gasteiger partial charge on any atom is 0.275 e. The third-order valence-electron chi connectivity index (χ3n) is 2.60. The lowest BCUT2D eigenvalue weighted by Crippen LogP contribution is -2.03. The maximum absolute atomic E-state index is 10.9. The number of nitro groups is 1. The normalized spacial score (nSPS) is 10.2. The first-order valence-electron chi connectivity index (χ1n) is 5.49. The third kappa shape index (κ3) is 3.45. The van der Waals surface area contributed by atoms with E-state index in [4.69, 9.17) is 11.6 Å². The van der Waals surface area contributed by atoms with Crippen molar-refractivity contribution >= 4 is 38.9 Å². The Balaban J connectivity index is 2.19. The monoisotopic (exact) mass is 340 g/mol. The molecule has 4 nitrogen and oxygen atoms in total. The van der Waals surface area contributed by atoms with E-state index in [9.17, 15) is 10.1 Å². The molecule has 0 aliphatic rings. The zero-order valence-electron chi connectivity index (χ0n) is 9.77. The molecule has 2 rings (SSSR count). The zero-order chi connectivity index (χ0) is 13.8. The molecular weight excluding hydrogens is 332 g/mol. The summed E-state index contributed by atoms with van der Waals surface area (Å²) in [5.74, 6) is 0. The number of nitrogens with one attached hydrogen (secondary N) is 1. The van der Waals surface area contributed by atoms with Crippen LogP contribution in [-0.2, 0) is 6.54 Å². The molecule has 0 spiro atoms. The highest BCUT2D eigenvalue weighted by Gasteiger charge is 2.15. The molecule has 0 atom stereocenters. The molecule has 1 N–H and O–H groups in total. The topological polar surface area (TPSA) is 55.2 Å². The second kappa shape index (κ2) is 6.04. The van der Waals surface area contributed by atoms with Crippen molar-refractivity contribution < 1.29 is 4.92 Å². The number of rotatable bonds is 4. The Kier molecular flexibility index (Phi) is 4.39. The van der Waals surface area contributed by atoms with Gasteiger partial charge in [0.1, 0.15) is 0 Å². The minimum Gasteiger partial charge on any atom is -0.381 e. The molecule has 0 aliphatic heterocycles. The molecule has 0 aromatic heterocycles. The smallest absolute Gasteiger partial charge is 0.275 e. The van der Waals surface area contributed by atoms with E-state index in [2.05, 4.69) is 21.2 Å². The van der Waals surface area contributed by atoms with Crippen LogP contribution in [0.1, 0.15) is 5.56 Å². The fourth-order valence-corrected chi connectivity index (χ4v) is 2.15. The van der Waals surface area contributed by atoms with Crippen molar-refractivity contribution in [1.29, 1.82) is 0 Å². The van der Waals surface area contributed by atoms with Crippen molar-refractivity contribution in [2.24, 2.45) is 0 Å². The summed E-state index contributed by atoms with van der Waals surface area (Å²) in [6.07, 6.45) is 0. The van der Waals surface area contributed by atoms with Gasteiger partial charge in [-0.1, -0.05) is 33.6 Å². The van der Waals surface area contributed by atoms with Gasteiger partial charge in [0, 0.05) is 22.8 Å². The van der Waals surface area contributed by atoms with Gasteiger partial charge in [0.25, 0.3) is 5.69 Å². The summed E-state index contributed by atoms with van der Waals surface area (Å²) in [7, 11) is 0. The van der Waals surface area contributed by atoms with E-state index in [1.807, 2.05) is 24.3 Å². The Morgan fingerprint density at radius 1 is 1.21 bits per heavy atom. The molecule has 0 saturated heterocycles. The highest BCUT2D eigenvalue weighted by Crippen LogP contribution is 2.27. The second-order valence-electron chi connectivity index (χ2n) is 3.86. The summed E-state index contributed by atoms with van der Waals surface area (Å²) >= 11 is 9.36. The van der Waals surface area contributed by atoms with Crippen LogP contribution in [0.3, 0.4) is 0 Å². The number of benzene rings is 2. The van der Waals surface area contributed by atoms with Gasteiger partial charge < -0.3 is 5.32 Å². The van der Waals surface area contributed by atoms with Crippen LogP contribution < -0.4 is 5.32 Å². The van der Waals surface area contributed by atoms with Crippen LogP contribution >= 0.6 is 27.5 Å². The highest BCUT2D eigenvalue weighted by molar-refractivity contribution is 9.10. The van der Waals surface area contributed by atoms with Crippen molar-refractivity contribution in [2.45, 2.75) is 6.54 Å². The highest BCUT2D eigenvalue weighted by atomic mass is 79.9. The molecular formula is C13H10BrClN2O2. The lowest BCUT2D eigenvalue weighted by molar-refractivity contribution is -0.385. The quantitative estimate of drug-likeness (QED) is 0.652. The van der Waals surface area contributed by atoms with Gasteiger partial charge in [0.2, 0.25) is 0 Å². The van der Waals surface area contributed by atoms with Crippen LogP contribution in [0.5, 0.6) is 0 Å². The van der Waals surface area contributed by atoms with Crippen LogP contribution in [0.15, 0.2) is 46.9 Å². The van der Waals surface area contributed by atoms with Gasteiger partial charge in [-0.2, -0.15) is 0 Å². The third-order valence-corrected chi connectivity index (χ3v) is 3.49. The van der Waals surface area contributed by atoms with Crippen molar-refractivity contribution in [2.75, 3.05) is 5.32 Å². The Morgan fingerprint density at radius 3 is 2.53 bits per heavy atom. The number of nitro benzene ring substituents is 1. The first-order chi connectivity index (χ1) is 9.08. The summed E-state index contributed by atoms with van der Waals surface area (Å²) in [5, 5.41) is 14.4. The fourth-order valence-electron chi connectivity index (χ4n) is 1.65. The summed E-state index contributed by atoms with van der Waals surface area (Å²) in [6.45, 7) is 0.303. The van der Waals surface area contributed by atoms with Gasteiger partial charge in [-0.05, 0) is 30.3 Å². The molecule has 2 aromatic rings. The Labute approximate surface area is 123 Å². The van der Waals surface area contributed by atoms with Crippen molar-refractivity contribution in [1.82, 2.24) is 0 Å². The van der Waals surface area contributed by atoms with Gasteiger partial charge in [0.05, 0.1) is 15.5 Å². The fraction of sp³-hybridized carbons (Fsp3) is 0.0769. The SMILES string of the molecule is O=[N+]([O-])c1cccc(Cl)c1CNc1ccc(Br)cc1. The van der Waals surface area contributed by atoms with Crippen LogP contribution in [0.4, 0.5) is 11.4 Å². The number of nitrogens with zero attached hydrogens (tertiary/aromatic N) is 1. The van der Waals surface area contributed by atoms with Crippen molar-refractivity contribution in [3.05, 3.63) is 67.6 Å². The largest absolute Gasteiger partial charge is 0.381 e. The first kappa shape index (κ1) is 13.8. The predicted octanol–water partition coefficient (Wildman–Crippen LogP) is 4.62. The van der Waals surface area contributed by atoms with Gasteiger partial charge in [-0.15, -0.1) is 0 Å². The van der Waals surface area contributed by atoms with E-state index < -0.39 is 4.92 Å². The molecule has 6 heteroatoms. The van der Waals surface area contributed by atoms with E-state index in [0.717, 1.165) is 10.2 Å². The first-order valence-corrected chi connectivity index (χ1v) is 6.66. The second-order valence-corrected chi connectivity index (χ2v) is 5.18. The standard InChI is InChI=1S/C13H10BrClN2O2/c14-9-4-6-10(7-5-9)16-8-11-12(15)2-1-3-13(11)17(18)19/h1-7,16H,8H2. The molecule has 0 radical (unpaired) electrons. The van der Waals surface area contributed by atoms with Gasteiger partial charge in [-0.25, -0.2) is 0 Å². The molecule has 0 bridgehead atoms. The zero-order valence-corrected chi connectivity index (χ0v) is 12.1. The maximum atomic E-state index is 10.9. The van der Waals surface area contributed by atoms with E-state index in [1.54, 1.807) is 12.1 Å². The van der Waals surface area contributed by atoms with E-state index in [-0.39, 0.29) is 5.69 Å². The summed E-state index contributed by atoms with van der Waals surface area (Å²) in [6, 6.07) is 12.2. The number of anilines is 1. The number of hydrogen-bond acceptors (Lipinski definition) is 3. The minimum atomic E-state index is -0.426. The average Bonchev–Trinajstić information content (AvgIpc) is 2.39. The number of hydrogen-bond donors (Lipinski definition) is 1. The molecule has 0 heterocycles. The van der Waals surface area contributed by atoms with Gasteiger partial charge in [0.15, 0.2) is 0 Å². The Hall–Kier alpha value is -1.59. The average molecular weight is 342 g/mol. The molecule has 0 unspecified atom stereocenters. The summed E-state index contributed by atoms with van der Waals surface area (Å²) < 4.78 is 0.974. The van der Waals surface area contributed by atoms with E-state index in [1.165, 1.54) is 6.07 Å². The van der Waals surface area contributed by atoms with Crippen LogP contribution in [0, 0.1) is 10.1 Å². The lowest BCUT2D eigenvalue weighted by atomic mass is 10.1. The van der Waals surface area contributed by atoms with E-state index >= 15 is 0 Å². The van der Waals surface area contributed by atoms with Crippen molar-refractivity contribution in [3.8, 4) is 0 Å². The summed E-state index contributed by atoms with van der Waals surface area (Å²) in [4.78, 5) is 10.5. The van der Waals surface area contributed by atoms with Gasteiger partial charge in [-0.3, -0.25) is 10.1 Å². The van der Waals surface area contributed by atoms with Crippen molar-refractivity contribution in [3.63, 3.8) is 0 Å². The van der Waals surface area contributed by atoms with Crippen LogP contribution in [0.2, 0.25) is 5.02 Å². The van der Waals surface area contributed by atoms with Gasteiger partial charge >= 0.3 is 0 Å². The molecule has 98 valence electrons. The van der Waals surface area contributed by atoms with Crippen LogP contribution in [-0.4, -0.2) is 4.92 Å². The minimum absolute atomic E-state index is 0.0251.